The van der Waals surface area contributed by atoms with Crippen LogP contribution in [0.5, 0.6) is 0 Å². The van der Waals surface area contributed by atoms with Crippen molar-refractivity contribution in [3.63, 3.8) is 0 Å². The Balaban J connectivity index is 1.85. The fourth-order valence-corrected chi connectivity index (χ4v) is 3.82. The molecule has 0 radical (unpaired) electrons. The summed E-state index contributed by atoms with van der Waals surface area (Å²) < 4.78 is 0. The number of primary amides is 1. The molecule has 3 amide bonds. The Hall–Kier alpha value is -3.42. The molecule has 8 heteroatoms. The van der Waals surface area contributed by atoms with Gasteiger partial charge < -0.3 is 20.9 Å². The van der Waals surface area contributed by atoms with E-state index in [1.165, 1.54) is 18.5 Å². The Kier molecular flexibility index (Phi) is 6.05. The van der Waals surface area contributed by atoms with Crippen LogP contribution in [-0.4, -0.2) is 48.2 Å². The third-order valence-electron chi connectivity index (χ3n) is 5.60. The Bertz CT molecular complexity index is 975. The normalized spacial score (nSPS) is 18.6. The van der Waals surface area contributed by atoms with Crippen LogP contribution in [0, 0.1) is 0 Å². The molecule has 1 fully saturated rings. The Morgan fingerprint density at radius 1 is 1.17 bits per heavy atom. The molecule has 1 aliphatic heterocycles. The highest BCUT2D eigenvalue weighted by atomic mass is 16.2. The summed E-state index contributed by atoms with van der Waals surface area (Å²) >= 11 is 0. The second kappa shape index (κ2) is 8.52. The zero-order chi connectivity index (χ0) is 21.9. The van der Waals surface area contributed by atoms with Crippen LogP contribution in [0.25, 0.3) is 0 Å². The van der Waals surface area contributed by atoms with Crippen molar-refractivity contribution in [2.45, 2.75) is 31.7 Å². The molecule has 158 valence electrons. The van der Waals surface area contributed by atoms with Gasteiger partial charge >= 0.3 is 11.8 Å². The van der Waals surface area contributed by atoms with E-state index in [1.54, 1.807) is 4.90 Å². The van der Waals surface area contributed by atoms with Crippen LogP contribution in [0.3, 0.4) is 0 Å². The maximum atomic E-state index is 13.1. The number of hydrogen-bond donors (Lipinski definition) is 2. The lowest BCUT2D eigenvalue weighted by atomic mass is 9.81. The molecule has 0 bridgehead atoms. The van der Waals surface area contributed by atoms with Crippen LogP contribution in [-0.2, 0) is 15.1 Å². The van der Waals surface area contributed by atoms with Gasteiger partial charge in [0.2, 0.25) is 5.91 Å². The van der Waals surface area contributed by atoms with Gasteiger partial charge in [0.15, 0.2) is 0 Å². The maximum Gasteiger partial charge on any atom is 0.313 e. The van der Waals surface area contributed by atoms with E-state index in [1.807, 2.05) is 44.1 Å². The van der Waals surface area contributed by atoms with Crippen molar-refractivity contribution in [3.05, 3.63) is 53.9 Å². The molecule has 2 aromatic rings. The van der Waals surface area contributed by atoms with E-state index in [0.29, 0.717) is 6.54 Å². The summed E-state index contributed by atoms with van der Waals surface area (Å²) in [7, 11) is 3.93. The molecule has 0 spiro atoms. The smallest absolute Gasteiger partial charge is 0.313 e. The fraction of sp³-hybridized carbons (Fsp3) is 0.364. The van der Waals surface area contributed by atoms with Crippen molar-refractivity contribution in [2.24, 2.45) is 5.73 Å². The number of hydrogen-bond acceptors (Lipinski definition) is 5. The minimum absolute atomic E-state index is 0.156. The number of nitrogens with two attached hydrogens (primary N) is 1. The lowest BCUT2D eigenvalue weighted by Gasteiger charge is -2.45. The molecule has 30 heavy (non-hydrogen) atoms. The second-order valence-electron chi connectivity index (χ2n) is 7.91. The van der Waals surface area contributed by atoms with E-state index in [0.717, 1.165) is 30.5 Å². The van der Waals surface area contributed by atoms with Crippen LogP contribution in [0.4, 0.5) is 11.4 Å². The van der Waals surface area contributed by atoms with Gasteiger partial charge in [-0.1, -0.05) is 12.1 Å². The average molecular weight is 409 g/mol. The molecule has 0 saturated carbocycles. The third-order valence-corrected chi connectivity index (χ3v) is 5.60. The van der Waals surface area contributed by atoms with Gasteiger partial charge in [0.1, 0.15) is 0 Å². The maximum absolute atomic E-state index is 13.1. The first-order valence-electron chi connectivity index (χ1n) is 9.88. The number of nitrogens with one attached hydrogen (secondary N) is 1. The molecular weight excluding hydrogens is 382 g/mol. The Morgan fingerprint density at radius 2 is 1.93 bits per heavy atom. The molecule has 0 unspecified atom stereocenters. The summed E-state index contributed by atoms with van der Waals surface area (Å²) in [6.07, 6.45) is 5.24. The monoisotopic (exact) mass is 409 g/mol. The molecular formula is C22H27N5O3. The molecule has 1 aromatic carbocycles. The summed E-state index contributed by atoms with van der Waals surface area (Å²) in [5, 5.41) is 2.54. The molecule has 3 rings (SSSR count). The molecule has 3 N–H and O–H groups in total. The minimum atomic E-state index is -0.768. The first-order valence-corrected chi connectivity index (χ1v) is 9.88. The standard InChI is InChI=1S/C22H27N5O3/c1-22(16-7-6-8-18(12-16)26(2)3)9-4-5-10-27(22)21(30)20(29)25-17-11-15(19(23)28)13-24-14-17/h6-8,11-14H,4-5,9-10H2,1-3H3,(H2,23,28)(H,25,29)/t22-/m0/s1. The van der Waals surface area contributed by atoms with E-state index in [4.69, 9.17) is 5.73 Å². The number of amides is 3. The summed E-state index contributed by atoms with van der Waals surface area (Å²) in [4.78, 5) is 44.7. The number of rotatable bonds is 4. The second-order valence-corrected chi connectivity index (χ2v) is 7.91. The number of carbonyl (C=O) groups is 3. The molecule has 1 atom stereocenters. The summed E-state index contributed by atoms with van der Waals surface area (Å²) in [6.45, 7) is 2.50. The summed E-state index contributed by atoms with van der Waals surface area (Å²) in [6, 6.07) is 9.43. The van der Waals surface area contributed by atoms with Crippen molar-refractivity contribution >= 4 is 29.1 Å². The quantitative estimate of drug-likeness (QED) is 0.752. The van der Waals surface area contributed by atoms with Crippen LogP contribution >= 0.6 is 0 Å². The van der Waals surface area contributed by atoms with Crippen LogP contribution < -0.4 is 16.0 Å². The van der Waals surface area contributed by atoms with Crippen molar-refractivity contribution in [1.82, 2.24) is 9.88 Å². The number of pyridine rings is 1. The van der Waals surface area contributed by atoms with E-state index in [-0.39, 0.29) is 11.3 Å². The van der Waals surface area contributed by atoms with Gasteiger partial charge in [-0.15, -0.1) is 0 Å². The predicted molar refractivity (Wildman–Crippen MR) is 115 cm³/mol. The van der Waals surface area contributed by atoms with E-state index in [9.17, 15) is 14.4 Å². The van der Waals surface area contributed by atoms with Gasteiger partial charge in [0.05, 0.1) is 23.0 Å². The summed E-state index contributed by atoms with van der Waals surface area (Å²) in [5.41, 5.74) is 7.09. The van der Waals surface area contributed by atoms with Crippen molar-refractivity contribution < 1.29 is 14.4 Å². The third kappa shape index (κ3) is 4.27. The zero-order valence-corrected chi connectivity index (χ0v) is 17.5. The van der Waals surface area contributed by atoms with Crippen molar-refractivity contribution in [3.8, 4) is 0 Å². The van der Waals surface area contributed by atoms with E-state index >= 15 is 0 Å². The van der Waals surface area contributed by atoms with Gasteiger partial charge in [-0.2, -0.15) is 0 Å². The van der Waals surface area contributed by atoms with E-state index < -0.39 is 23.3 Å². The fourth-order valence-electron chi connectivity index (χ4n) is 3.82. The molecule has 1 aromatic heterocycles. The number of anilines is 2. The van der Waals surface area contributed by atoms with E-state index in [2.05, 4.69) is 16.4 Å². The number of piperidine rings is 1. The van der Waals surface area contributed by atoms with Crippen LogP contribution in [0.2, 0.25) is 0 Å². The van der Waals surface area contributed by atoms with Gasteiger partial charge in [-0.25, -0.2) is 0 Å². The largest absolute Gasteiger partial charge is 0.378 e. The summed E-state index contributed by atoms with van der Waals surface area (Å²) in [5.74, 6) is -2.04. The zero-order valence-electron chi connectivity index (χ0n) is 17.5. The highest BCUT2D eigenvalue weighted by Gasteiger charge is 2.41. The van der Waals surface area contributed by atoms with Gasteiger partial charge in [-0.3, -0.25) is 19.4 Å². The lowest BCUT2D eigenvalue weighted by Crippen LogP contribution is -2.53. The predicted octanol–water partition coefficient (Wildman–Crippen LogP) is 2.11. The van der Waals surface area contributed by atoms with Crippen LogP contribution in [0.15, 0.2) is 42.7 Å². The van der Waals surface area contributed by atoms with Gasteiger partial charge in [-0.05, 0) is 49.9 Å². The number of benzene rings is 1. The first-order chi connectivity index (χ1) is 14.2. The van der Waals surface area contributed by atoms with Crippen molar-refractivity contribution in [1.29, 1.82) is 0 Å². The molecule has 8 nitrogen and oxygen atoms in total. The van der Waals surface area contributed by atoms with Gasteiger partial charge in [0, 0.05) is 32.5 Å². The highest BCUT2D eigenvalue weighted by Crippen LogP contribution is 2.38. The van der Waals surface area contributed by atoms with Gasteiger partial charge in [0.25, 0.3) is 0 Å². The molecule has 1 saturated heterocycles. The van der Waals surface area contributed by atoms with Crippen LogP contribution in [0.1, 0.15) is 42.1 Å². The molecule has 0 aliphatic carbocycles. The number of aromatic nitrogens is 1. The molecule has 1 aliphatic rings. The number of nitrogens with zero attached hydrogens (tertiary/aromatic N) is 3. The average Bonchev–Trinajstić information content (AvgIpc) is 2.73. The first kappa shape index (κ1) is 21.3. The Morgan fingerprint density at radius 3 is 2.63 bits per heavy atom. The lowest BCUT2D eigenvalue weighted by molar-refractivity contribution is -0.149. The number of likely N-dealkylation sites (tertiary alicyclic amines) is 1. The Labute approximate surface area is 176 Å². The minimum Gasteiger partial charge on any atom is -0.378 e. The molecule has 2 heterocycles. The SMILES string of the molecule is CN(C)c1cccc([C@]2(C)CCCCN2C(=O)C(=O)Nc2cncc(C(N)=O)c2)c1. The van der Waals surface area contributed by atoms with Crippen molar-refractivity contribution in [2.75, 3.05) is 30.9 Å². The highest BCUT2D eigenvalue weighted by molar-refractivity contribution is 6.39. The number of carbonyl (C=O) groups excluding carboxylic acids is 3. The topological polar surface area (TPSA) is 109 Å².